The van der Waals surface area contributed by atoms with Gasteiger partial charge in [0.25, 0.3) is 0 Å². The van der Waals surface area contributed by atoms with E-state index in [2.05, 4.69) is 25.1 Å². The monoisotopic (exact) mass is 192 g/mol. The Hall–Kier alpha value is -0.430. The van der Waals surface area contributed by atoms with E-state index in [0.29, 0.717) is 0 Å². The van der Waals surface area contributed by atoms with Gasteiger partial charge >= 0.3 is 0 Å². The first kappa shape index (κ1) is 9.14. The summed E-state index contributed by atoms with van der Waals surface area (Å²) in [6, 6.07) is 6.99. The van der Waals surface area contributed by atoms with Crippen LogP contribution in [0.2, 0.25) is 0 Å². The SMILES string of the molecule is CCCSc1ccc2c(c1)CCC2. The van der Waals surface area contributed by atoms with E-state index in [1.165, 1.54) is 36.3 Å². The smallest absolute Gasteiger partial charge is 0.00748 e. The summed E-state index contributed by atoms with van der Waals surface area (Å²) in [5.41, 5.74) is 3.18. The van der Waals surface area contributed by atoms with Crippen LogP contribution in [0.4, 0.5) is 0 Å². The van der Waals surface area contributed by atoms with E-state index in [-0.39, 0.29) is 0 Å². The van der Waals surface area contributed by atoms with Crippen LogP contribution in [0.15, 0.2) is 23.1 Å². The van der Waals surface area contributed by atoms with Crippen molar-refractivity contribution in [3.05, 3.63) is 29.3 Å². The van der Waals surface area contributed by atoms with Crippen LogP contribution in [0.25, 0.3) is 0 Å². The maximum Gasteiger partial charge on any atom is 0.00748 e. The van der Waals surface area contributed by atoms with Crippen molar-refractivity contribution in [3.8, 4) is 0 Å². The fourth-order valence-corrected chi connectivity index (χ4v) is 2.69. The Morgan fingerprint density at radius 1 is 1.23 bits per heavy atom. The van der Waals surface area contributed by atoms with Gasteiger partial charge in [-0.1, -0.05) is 13.0 Å². The summed E-state index contributed by atoms with van der Waals surface area (Å²) >= 11 is 1.99. The lowest BCUT2D eigenvalue weighted by Crippen LogP contribution is -1.83. The van der Waals surface area contributed by atoms with Crippen molar-refractivity contribution in [3.63, 3.8) is 0 Å². The molecule has 0 spiro atoms. The van der Waals surface area contributed by atoms with Gasteiger partial charge in [0.15, 0.2) is 0 Å². The Labute approximate surface area is 84.7 Å². The second kappa shape index (κ2) is 4.19. The molecular formula is C12H16S. The van der Waals surface area contributed by atoms with Crippen LogP contribution >= 0.6 is 11.8 Å². The Balaban J connectivity index is 2.12. The van der Waals surface area contributed by atoms with Gasteiger partial charge in [0.2, 0.25) is 0 Å². The summed E-state index contributed by atoms with van der Waals surface area (Å²) in [5.74, 6) is 1.25. The quantitative estimate of drug-likeness (QED) is 0.658. The van der Waals surface area contributed by atoms with Gasteiger partial charge in [-0.3, -0.25) is 0 Å². The van der Waals surface area contributed by atoms with Gasteiger partial charge in [-0.05, 0) is 54.7 Å². The van der Waals surface area contributed by atoms with Crippen LogP contribution in [0.5, 0.6) is 0 Å². The zero-order valence-electron chi connectivity index (χ0n) is 8.18. The lowest BCUT2D eigenvalue weighted by atomic mass is 10.1. The van der Waals surface area contributed by atoms with E-state index in [9.17, 15) is 0 Å². The lowest BCUT2D eigenvalue weighted by Gasteiger charge is -2.03. The van der Waals surface area contributed by atoms with Gasteiger partial charge < -0.3 is 0 Å². The maximum absolute atomic E-state index is 2.39. The van der Waals surface area contributed by atoms with Crippen LogP contribution in [0, 0.1) is 0 Å². The lowest BCUT2D eigenvalue weighted by molar-refractivity contribution is 0.911. The van der Waals surface area contributed by atoms with Gasteiger partial charge in [-0.2, -0.15) is 0 Å². The van der Waals surface area contributed by atoms with E-state index in [0.717, 1.165) is 0 Å². The highest BCUT2D eigenvalue weighted by atomic mass is 32.2. The number of thioether (sulfide) groups is 1. The molecule has 1 heteroatoms. The molecule has 13 heavy (non-hydrogen) atoms. The number of fused-ring (bicyclic) bond motifs is 1. The molecule has 1 aliphatic carbocycles. The third kappa shape index (κ3) is 2.08. The molecule has 0 aliphatic heterocycles. The van der Waals surface area contributed by atoms with Gasteiger partial charge in [0.05, 0.1) is 0 Å². The van der Waals surface area contributed by atoms with Crippen LogP contribution in [-0.2, 0) is 12.8 Å². The topological polar surface area (TPSA) is 0 Å². The Morgan fingerprint density at radius 2 is 2.08 bits per heavy atom. The molecule has 0 bridgehead atoms. The molecule has 0 saturated carbocycles. The number of rotatable bonds is 3. The molecule has 0 saturated heterocycles. The average Bonchev–Trinajstić information content (AvgIpc) is 2.61. The minimum atomic E-state index is 1.25. The molecule has 0 amide bonds. The fraction of sp³-hybridized carbons (Fsp3) is 0.500. The maximum atomic E-state index is 2.39. The zero-order chi connectivity index (χ0) is 9.10. The van der Waals surface area contributed by atoms with Gasteiger partial charge in [0, 0.05) is 4.90 Å². The molecule has 0 atom stereocenters. The predicted molar refractivity (Wildman–Crippen MR) is 59.5 cm³/mol. The Kier molecular flexibility index (Phi) is 2.94. The Morgan fingerprint density at radius 3 is 2.92 bits per heavy atom. The molecule has 0 nitrogen and oxygen atoms in total. The van der Waals surface area contributed by atoms with E-state index < -0.39 is 0 Å². The first-order chi connectivity index (χ1) is 6.40. The second-order valence-corrected chi connectivity index (χ2v) is 4.80. The number of aryl methyl sites for hydroxylation is 2. The van der Waals surface area contributed by atoms with Crippen molar-refractivity contribution >= 4 is 11.8 Å². The van der Waals surface area contributed by atoms with Crippen molar-refractivity contribution in [2.24, 2.45) is 0 Å². The molecule has 1 aromatic carbocycles. The van der Waals surface area contributed by atoms with Crippen molar-refractivity contribution in [2.75, 3.05) is 5.75 Å². The second-order valence-electron chi connectivity index (χ2n) is 3.63. The van der Waals surface area contributed by atoms with Crippen molar-refractivity contribution in [1.82, 2.24) is 0 Å². The van der Waals surface area contributed by atoms with Crippen molar-refractivity contribution < 1.29 is 0 Å². The summed E-state index contributed by atoms with van der Waals surface area (Å²) in [6.45, 7) is 2.24. The van der Waals surface area contributed by atoms with Crippen LogP contribution in [-0.4, -0.2) is 5.75 Å². The number of hydrogen-bond donors (Lipinski definition) is 0. The highest BCUT2D eigenvalue weighted by Crippen LogP contribution is 2.27. The standard InChI is InChI=1S/C12H16S/c1-2-8-13-12-7-6-10-4-3-5-11(10)9-12/h6-7,9H,2-5,8H2,1H3. The highest BCUT2D eigenvalue weighted by Gasteiger charge is 2.10. The Bertz CT molecular complexity index is 291. The summed E-state index contributed by atoms with van der Waals surface area (Å²) in [4.78, 5) is 1.46. The minimum absolute atomic E-state index is 1.25. The first-order valence-corrected chi connectivity index (χ1v) is 6.13. The largest absolute Gasteiger partial charge is 0.126 e. The van der Waals surface area contributed by atoms with E-state index in [1.54, 1.807) is 11.1 Å². The van der Waals surface area contributed by atoms with Gasteiger partial charge in [0.1, 0.15) is 0 Å². The third-order valence-electron chi connectivity index (χ3n) is 2.54. The van der Waals surface area contributed by atoms with Crippen molar-refractivity contribution in [2.45, 2.75) is 37.5 Å². The highest BCUT2D eigenvalue weighted by molar-refractivity contribution is 7.99. The van der Waals surface area contributed by atoms with E-state index >= 15 is 0 Å². The summed E-state index contributed by atoms with van der Waals surface area (Å²) in [7, 11) is 0. The molecule has 2 rings (SSSR count). The minimum Gasteiger partial charge on any atom is -0.126 e. The third-order valence-corrected chi connectivity index (χ3v) is 3.74. The summed E-state index contributed by atoms with van der Waals surface area (Å²) in [6.07, 6.45) is 5.23. The van der Waals surface area contributed by atoms with E-state index in [4.69, 9.17) is 0 Å². The molecule has 0 fully saturated rings. The molecule has 1 aromatic rings. The summed E-state index contributed by atoms with van der Waals surface area (Å²) in [5, 5.41) is 0. The normalized spacial score (nSPS) is 14.5. The van der Waals surface area contributed by atoms with Crippen LogP contribution < -0.4 is 0 Å². The molecule has 0 unspecified atom stereocenters. The molecule has 0 N–H and O–H groups in total. The summed E-state index contributed by atoms with van der Waals surface area (Å²) < 4.78 is 0. The van der Waals surface area contributed by atoms with Crippen molar-refractivity contribution in [1.29, 1.82) is 0 Å². The number of hydrogen-bond acceptors (Lipinski definition) is 1. The van der Waals surface area contributed by atoms with Crippen LogP contribution in [0.1, 0.15) is 30.9 Å². The molecule has 1 aliphatic rings. The molecule has 70 valence electrons. The van der Waals surface area contributed by atoms with E-state index in [1.807, 2.05) is 11.8 Å². The molecular weight excluding hydrogens is 176 g/mol. The molecule has 0 aromatic heterocycles. The molecule has 0 radical (unpaired) electrons. The fourth-order valence-electron chi connectivity index (χ4n) is 1.86. The average molecular weight is 192 g/mol. The van der Waals surface area contributed by atoms with Gasteiger partial charge in [-0.15, -0.1) is 11.8 Å². The number of benzene rings is 1. The first-order valence-electron chi connectivity index (χ1n) is 5.15. The van der Waals surface area contributed by atoms with Gasteiger partial charge in [-0.25, -0.2) is 0 Å². The van der Waals surface area contributed by atoms with Crippen LogP contribution in [0.3, 0.4) is 0 Å². The predicted octanol–water partition coefficient (Wildman–Crippen LogP) is 3.68. The zero-order valence-corrected chi connectivity index (χ0v) is 8.99. The molecule has 0 heterocycles.